The van der Waals surface area contributed by atoms with Crippen LogP contribution in [0.25, 0.3) is 0 Å². The Kier molecular flexibility index (Phi) is 6.38. The van der Waals surface area contributed by atoms with Gasteiger partial charge in [-0.25, -0.2) is 9.78 Å². The topological polar surface area (TPSA) is 30.9 Å². The molecule has 0 radical (unpaired) electrons. The van der Waals surface area contributed by atoms with Gasteiger partial charge in [0.25, 0.3) is 0 Å². The zero-order valence-electron chi connectivity index (χ0n) is 15.1. The number of rotatable bonds is 9. The quantitative estimate of drug-likeness (QED) is 0.474. The summed E-state index contributed by atoms with van der Waals surface area (Å²) in [6, 6.07) is 8.46. The first-order chi connectivity index (χ1) is 11.8. The van der Waals surface area contributed by atoms with Crippen LogP contribution in [0.3, 0.4) is 0 Å². The van der Waals surface area contributed by atoms with Crippen LogP contribution in [0.4, 0.5) is 5.69 Å². The fraction of sp³-hybridized carbons (Fsp3) is 0.700. The fourth-order valence-corrected chi connectivity index (χ4v) is 3.68. The molecule has 134 valence electrons. The van der Waals surface area contributed by atoms with Gasteiger partial charge in [-0.2, -0.15) is 0 Å². The lowest BCUT2D eigenvalue weighted by molar-refractivity contribution is -0.297. The van der Waals surface area contributed by atoms with Crippen molar-refractivity contribution in [3.8, 4) is 5.75 Å². The van der Waals surface area contributed by atoms with Crippen LogP contribution in [0, 0.1) is 5.92 Å². The van der Waals surface area contributed by atoms with Crippen molar-refractivity contribution in [2.75, 3.05) is 18.1 Å². The van der Waals surface area contributed by atoms with E-state index in [1.165, 1.54) is 24.9 Å². The van der Waals surface area contributed by atoms with E-state index in [-0.39, 0.29) is 12.3 Å². The van der Waals surface area contributed by atoms with Gasteiger partial charge in [0.1, 0.15) is 11.9 Å². The second-order valence-corrected chi connectivity index (χ2v) is 6.96. The lowest BCUT2D eigenvalue weighted by Gasteiger charge is -2.32. The first-order valence-electron chi connectivity index (χ1n) is 9.65. The molecule has 24 heavy (non-hydrogen) atoms. The number of ether oxygens (including phenoxy) is 1. The summed E-state index contributed by atoms with van der Waals surface area (Å²) in [5.41, 5.74) is 1.20. The highest BCUT2D eigenvalue weighted by molar-refractivity contribution is 5.50. The SMILES string of the molecule is CCCCOc1ccc(N(CCCC)C2OOC3CCCC32)cc1. The molecule has 4 nitrogen and oxygen atoms in total. The summed E-state index contributed by atoms with van der Waals surface area (Å²) in [5, 5.41) is 0. The first-order valence-corrected chi connectivity index (χ1v) is 9.65. The predicted molar refractivity (Wildman–Crippen MR) is 96.2 cm³/mol. The van der Waals surface area contributed by atoms with E-state index in [1.54, 1.807) is 0 Å². The van der Waals surface area contributed by atoms with Gasteiger partial charge in [-0.05, 0) is 49.9 Å². The molecular weight excluding hydrogens is 302 g/mol. The van der Waals surface area contributed by atoms with Crippen LogP contribution in [0.1, 0.15) is 58.8 Å². The molecule has 0 aromatic heterocycles. The molecule has 3 unspecified atom stereocenters. The Labute approximate surface area is 146 Å². The Balaban J connectivity index is 1.68. The predicted octanol–water partition coefficient (Wildman–Crippen LogP) is 4.93. The molecule has 1 saturated carbocycles. The molecule has 1 saturated heterocycles. The molecule has 1 aromatic rings. The van der Waals surface area contributed by atoms with Gasteiger partial charge in [-0.3, -0.25) is 0 Å². The summed E-state index contributed by atoms with van der Waals surface area (Å²) in [6.45, 7) is 6.20. The largest absolute Gasteiger partial charge is 0.494 e. The monoisotopic (exact) mass is 333 g/mol. The van der Waals surface area contributed by atoms with E-state index in [9.17, 15) is 0 Å². The maximum atomic E-state index is 5.78. The third-order valence-electron chi connectivity index (χ3n) is 5.14. The number of hydrogen-bond donors (Lipinski definition) is 0. The lowest BCUT2D eigenvalue weighted by atomic mass is 10.0. The average Bonchev–Trinajstić information content (AvgIpc) is 3.21. The van der Waals surface area contributed by atoms with Crippen LogP contribution < -0.4 is 9.64 Å². The maximum Gasteiger partial charge on any atom is 0.170 e. The normalized spacial score (nSPS) is 25.7. The molecule has 3 rings (SSSR count). The Morgan fingerprint density at radius 3 is 2.58 bits per heavy atom. The first kappa shape index (κ1) is 17.6. The van der Waals surface area contributed by atoms with E-state index in [1.807, 2.05) is 0 Å². The Morgan fingerprint density at radius 1 is 1.04 bits per heavy atom. The van der Waals surface area contributed by atoms with Crippen molar-refractivity contribution < 1.29 is 14.5 Å². The molecule has 0 bridgehead atoms. The van der Waals surface area contributed by atoms with Crippen LogP contribution in [0.15, 0.2) is 24.3 Å². The smallest absolute Gasteiger partial charge is 0.170 e. The van der Waals surface area contributed by atoms with E-state index < -0.39 is 0 Å². The average molecular weight is 333 g/mol. The molecule has 0 amide bonds. The standard InChI is InChI=1S/C20H31NO3/c1-3-5-14-21(20-18-8-7-9-19(18)23-24-20)16-10-12-17(13-11-16)22-15-6-4-2/h10-13,18-20H,3-9,14-15H2,1-2H3. The Morgan fingerprint density at radius 2 is 1.83 bits per heavy atom. The van der Waals surface area contributed by atoms with Crippen molar-refractivity contribution in [3.05, 3.63) is 24.3 Å². The summed E-state index contributed by atoms with van der Waals surface area (Å²) < 4.78 is 5.78. The summed E-state index contributed by atoms with van der Waals surface area (Å²) in [4.78, 5) is 13.7. The van der Waals surface area contributed by atoms with Gasteiger partial charge in [-0.1, -0.05) is 33.1 Å². The van der Waals surface area contributed by atoms with Crippen LogP contribution in [-0.4, -0.2) is 25.5 Å². The minimum Gasteiger partial charge on any atom is -0.494 e. The molecule has 1 aromatic carbocycles. The molecule has 4 heteroatoms. The number of unbranched alkanes of at least 4 members (excludes halogenated alkanes) is 2. The second kappa shape index (κ2) is 8.72. The molecule has 0 spiro atoms. The molecular formula is C20H31NO3. The highest BCUT2D eigenvalue weighted by Crippen LogP contribution is 2.40. The molecule has 1 heterocycles. The van der Waals surface area contributed by atoms with Gasteiger partial charge in [0.05, 0.1) is 6.61 Å². The van der Waals surface area contributed by atoms with Crippen LogP contribution >= 0.6 is 0 Å². The van der Waals surface area contributed by atoms with Crippen LogP contribution in [-0.2, 0) is 9.78 Å². The zero-order chi connectivity index (χ0) is 16.8. The fourth-order valence-electron chi connectivity index (χ4n) is 3.68. The molecule has 3 atom stereocenters. The number of nitrogens with zero attached hydrogens (tertiary/aromatic N) is 1. The second-order valence-electron chi connectivity index (χ2n) is 6.96. The van der Waals surface area contributed by atoms with Crippen LogP contribution in [0.2, 0.25) is 0 Å². The number of hydrogen-bond acceptors (Lipinski definition) is 4. The van der Waals surface area contributed by atoms with E-state index >= 15 is 0 Å². The summed E-state index contributed by atoms with van der Waals surface area (Å²) in [5.74, 6) is 1.45. The van der Waals surface area contributed by atoms with Gasteiger partial charge >= 0.3 is 0 Å². The van der Waals surface area contributed by atoms with Crippen molar-refractivity contribution in [3.63, 3.8) is 0 Å². The Bertz CT molecular complexity index is 490. The third-order valence-corrected chi connectivity index (χ3v) is 5.14. The van der Waals surface area contributed by atoms with E-state index in [4.69, 9.17) is 14.5 Å². The summed E-state index contributed by atoms with van der Waals surface area (Å²) >= 11 is 0. The van der Waals surface area contributed by atoms with Gasteiger partial charge in [0.2, 0.25) is 0 Å². The molecule has 1 aliphatic heterocycles. The highest BCUT2D eigenvalue weighted by atomic mass is 17.2. The lowest BCUT2D eigenvalue weighted by Crippen LogP contribution is -2.40. The molecule has 2 aliphatic rings. The summed E-state index contributed by atoms with van der Waals surface area (Å²) in [6.07, 6.45) is 8.52. The van der Waals surface area contributed by atoms with Crippen LogP contribution in [0.5, 0.6) is 5.75 Å². The minimum atomic E-state index is 0.0518. The van der Waals surface area contributed by atoms with E-state index in [0.29, 0.717) is 5.92 Å². The molecule has 1 aliphatic carbocycles. The van der Waals surface area contributed by atoms with E-state index in [2.05, 4.69) is 43.0 Å². The third kappa shape index (κ3) is 4.04. The van der Waals surface area contributed by atoms with Crippen molar-refractivity contribution in [2.45, 2.75) is 71.1 Å². The van der Waals surface area contributed by atoms with Gasteiger partial charge < -0.3 is 9.64 Å². The number of fused-ring (bicyclic) bond motifs is 1. The van der Waals surface area contributed by atoms with Crippen molar-refractivity contribution in [2.24, 2.45) is 5.92 Å². The zero-order valence-corrected chi connectivity index (χ0v) is 15.1. The van der Waals surface area contributed by atoms with Crippen molar-refractivity contribution in [1.82, 2.24) is 0 Å². The van der Waals surface area contributed by atoms with Crippen molar-refractivity contribution >= 4 is 5.69 Å². The van der Waals surface area contributed by atoms with E-state index in [0.717, 1.165) is 44.6 Å². The van der Waals surface area contributed by atoms with Gasteiger partial charge in [0, 0.05) is 18.2 Å². The van der Waals surface area contributed by atoms with Gasteiger partial charge in [-0.15, -0.1) is 0 Å². The molecule has 0 N–H and O–H groups in total. The minimum absolute atomic E-state index is 0.0518. The highest BCUT2D eigenvalue weighted by Gasteiger charge is 2.45. The molecule has 2 fully saturated rings. The van der Waals surface area contributed by atoms with Gasteiger partial charge in [0.15, 0.2) is 6.23 Å². The van der Waals surface area contributed by atoms with Crippen molar-refractivity contribution in [1.29, 1.82) is 0 Å². The number of anilines is 1. The number of benzene rings is 1. The Hall–Kier alpha value is -1.26. The maximum absolute atomic E-state index is 5.78. The summed E-state index contributed by atoms with van der Waals surface area (Å²) in [7, 11) is 0.